The molecule has 0 N–H and O–H groups in total. The number of carbonyl (C=O) groups excluding carboxylic acids is 1. The number of anilines is 1. The lowest BCUT2D eigenvalue weighted by Crippen LogP contribution is -2.54. The lowest BCUT2D eigenvalue weighted by Gasteiger charge is -2.40. The van der Waals surface area contributed by atoms with E-state index >= 15 is 0 Å². The SMILES string of the molecule is C[C@H]1CN(c2nc3ccccc3c3nnc(-c4ccccc4)n23)CCN1C(=O)c1ccccc1F. The molecular formula is C27H23FN6O. The van der Waals surface area contributed by atoms with E-state index in [2.05, 4.69) is 15.1 Å². The average Bonchev–Trinajstić information content (AvgIpc) is 3.34. The van der Waals surface area contributed by atoms with Crippen molar-refractivity contribution >= 4 is 28.4 Å². The van der Waals surface area contributed by atoms with E-state index in [1.54, 1.807) is 17.0 Å². The molecule has 6 rings (SSSR count). The summed E-state index contributed by atoms with van der Waals surface area (Å²) in [5, 5.41) is 9.98. The van der Waals surface area contributed by atoms with Crippen LogP contribution in [0.1, 0.15) is 17.3 Å². The molecule has 1 aliphatic rings. The Kier molecular flexibility index (Phi) is 5.13. The topological polar surface area (TPSA) is 66.6 Å². The Bertz CT molecular complexity index is 1550. The molecule has 174 valence electrons. The van der Waals surface area contributed by atoms with Crippen LogP contribution in [0.15, 0.2) is 78.9 Å². The summed E-state index contributed by atoms with van der Waals surface area (Å²) >= 11 is 0. The minimum absolute atomic E-state index is 0.101. The van der Waals surface area contributed by atoms with Gasteiger partial charge in [0.05, 0.1) is 11.1 Å². The summed E-state index contributed by atoms with van der Waals surface area (Å²) in [6.07, 6.45) is 0. The Morgan fingerprint density at radius 2 is 1.66 bits per heavy atom. The van der Waals surface area contributed by atoms with E-state index in [1.807, 2.05) is 65.9 Å². The zero-order chi connectivity index (χ0) is 23.9. The van der Waals surface area contributed by atoms with Crippen LogP contribution >= 0.6 is 0 Å². The number of carbonyl (C=O) groups is 1. The molecule has 2 aromatic heterocycles. The first kappa shape index (κ1) is 21.2. The van der Waals surface area contributed by atoms with Gasteiger partial charge in [0.1, 0.15) is 5.82 Å². The summed E-state index contributed by atoms with van der Waals surface area (Å²) in [5.74, 6) is 0.655. The number of fused-ring (bicyclic) bond motifs is 3. The Balaban J connectivity index is 1.41. The van der Waals surface area contributed by atoms with Gasteiger partial charge in [-0.1, -0.05) is 54.6 Å². The first-order chi connectivity index (χ1) is 17.1. The fraction of sp³-hybridized carbons (Fsp3) is 0.185. The molecule has 3 heterocycles. The smallest absolute Gasteiger partial charge is 0.257 e. The van der Waals surface area contributed by atoms with Gasteiger partial charge in [-0.3, -0.25) is 4.79 Å². The van der Waals surface area contributed by atoms with E-state index in [0.29, 0.717) is 25.5 Å². The van der Waals surface area contributed by atoms with Crippen LogP contribution in [0.5, 0.6) is 0 Å². The number of nitrogens with zero attached hydrogens (tertiary/aromatic N) is 6. The van der Waals surface area contributed by atoms with E-state index in [4.69, 9.17) is 4.98 Å². The van der Waals surface area contributed by atoms with Crippen LogP contribution in [-0.4, -0.2) is 56.1 Å². The highest BCUT2D eigenvalue weighted by molar-refractivity contribution is 5.95. The number of halogens is 1. The number of aromatic nitrogens is 4. The van der Waals surface area contributed by atoms with Crippen molar-refractivity contribution in [1.82, 2.24) is 24.5 Å². The van der Waals surface area contributed by atoms with Gasteiger partial charge in [-0.15, -0.1) is 10.2 Å². The highest BCUT2D eigenvalue weighted by atomic mass is 19.1. The maximum Gasteiger partial charge on any atom is 0.257 e. The predicted molar refractivity (Wildman–Crippen MR) is 133 cm³/mol. The number of para-hydroxylation sites is 1. The van der Waals surface area contributed by atoms with E-state index in [0.717, 1.165) is 28.1 Å². The van der Waals surface area contributed by atoms with Crippen LogP contribution < -0.4 is 4.90 Å². The number of benzene rings is 3. The summed E-state index contributed by atoms with van der Waals surface area (Å²) in [6, 6.07) is 23.8. The monoisotopic (exact) mass is 466 g/mol. The zero-order valence-corrected chi connectivity index (χ0v) is 19.2. The van der Waals surface area contributed by atoms with E-state index < -0.39 is 5.82 Å². The van der Waals surface area contributed by atoms with Crippen LogP contribution in [0.3, 0.4) is 0 Å². The molecule has 1 atom stereocenters. The van der Waals surface area contributed by atoms with Crippen molar-refractivity contribution in [3.8, 4) is 11.4 Å². The molecule has 35 heavy (non-hydrogen) atoms. The van der Waals surface area contributed by atoms with Crippen LogP contribution in [0.4, 0.5) is 10.3 Å². The standard InChI is InChI=1S/C27H23FN6O/c1-18-17-32(15-16-33(18)26(35)20-11-5-7-13-22(20)28)27-29-23-14-8-6-12-21(23)25-31-30-24(34(25)27)19-9-3-2-4-10-19/h2-14,18H,15-17H2,1H3/t18-/m0/s1. The van der Waals surface area contributed by atoms with Crippen molar-refractivity contribution < 1.29 is 9.18 Å². The summed E-state index contributed by atoms with van der Waals surface area (Å²) < 4.78 is 16.3. The molecule has 7 nitrogen and oxygen atoms in total. The Morgan fingerprint density at radius 3 is 2.46 bits per heavy atom. The Labute approximate surface area is 201 Å². The highest BCUT2D eigenvalue weighted by Crippen LogP contribution is 2.29. The molecule has 0 bridgehead atoms. The third-order valence-corrected chi connectivity index (χ3v) is 6.54. The molecule has 8 heteroatoms. The van der Waals surface area contributed by atoms with Gasteiger partial charge >= 0.3 is 0 Å². The fourth-order valence-electron chi connectivity index (χ4n) is 4.78. The normalized spacial score (nSPS) is 16.2. The van der Waals surface area contributed by atoms with Crippen LogP contribution in [0.25, 0.3) is 27.9 Å². The molecule has 0 saturated carbocycles. The quantitative estimate of drug-likeness (QED) is 0.394. The largest absolute Gasteiger partial charge is 0.338 e. The van der Waals surface area contributed by atoms with Crippen LogP contribution in [0.2, 0.25) is 0 Å². The molecule has 1 fully saturated rings. The van der Waals surface area contributed by atoms with Crippen LogP contribution in [0, 0.1) is 5.82 Å². The van der Waals surface area contributed by atoms with Crippen LogP contribution in [-0.2, 0) is 0 Å². The van der Waals surface area contributed by atoms with E-state index in [1.165, 1.54) is 12.1 Å². The maximum atomic E-state index is 14.3. The number of hydrogen-bond acceptors (Lipinski definition) is 5. The summed E-state index contributed by atoms with van der Waals surface area (Å²) in [7, 11) is 0. The maximum absolute atomic E-state index is 14.3. The van der Waals surface area contributed by atoms with Gasteiger partial charge in [-0.2, -0.15) is 0 Å². The highest BCUT2D eigenvalue weighted by Gasteiger charge is 2.31. The summed E-state index contributed by atoms with van der Waals surface area (Å²) in [5.41, 5.74) is 2.62. The minimum Gasteiger partial charge on any atom is -0.338 e. The van der Waals surface area contributed by atoms with Crippen molar-refractivity contribution in [2.45, 2.75) is 13.0 Å². The molecule has 3 aromatic carbocycles. The predicted octanol–water partition coefficient (Wildman–Crippen LogP) is 4.43. The first-order valence-corrected chi connectivity index (χ1v) is 11.6. The van der Waals surface area contributed by atoms with Gasteiger partial charge < -0.3 is 9.80 Å². The molecule has 0 spiro atoms. The van der Waals surface area contributed by atoms with E-state index in [-0.39, 0.29) is 17.5 Å². The first-order valence-electron chi connectivity index (χ1n) is 11.6. The van der Waals surface area contributed by atoms with Gasteiger partial charge in [0.2, 0.25) is 5.95 Å². The van der Waals surface area contributed by atoms with Crippen molar-refractivity contribution in [2.75, 3.05) is 24.5 Å². The van der Waals surface area contributed by atoms with Gasteiger partial charge in [0, 0.05) is 36.6 Å². The fourth-order valence-corrected chi connectivity index (χ4v) is 4.78. The minimum atomic E-state index is -0.498. The molecular weight excluding hydrogens is 443 g/mol. The molecule has 1 saturated heterocycles. The van der Waals surface area contributed by atoms with Gasteiger partial charge in [0.15, 0.2) is 11.5 Å². The van der Waals surface area contributed by atoms with Crippen molar-refractivity contribution in [3.63, 3.8) is 0 Å². The lowest BCUT2D eigenvalue weighted by atomic mass is 10.1. The number of piperazine rings is 1. The molecule has 5 aromatic rings. The number of rotatable bonds is 3. The molecule has 1 amide bonds. The number of hydrogen-bond donors (Lipinski definition) is 0. The van der Waals surface area contributed by atoms with Crippen molar-refractivity contribution in [1.29, 1.82) is 0 Å². The third-order valence-electron chi connectivity index (χ3n) is 6.54. The van der Waals surface area contributed by atoms with Gasteiger partial charge in [0.25, 0.3) is 5.91 Å². The Hall–Kier alpha value is -4.33. The summed E-state index contributed by atoms with van der Waals surface area (Å²) in [6.45, 7) is 3.53. The van der Waals surface area contributed by atoms with Crippen molar-refractivity contribution in [3.05, 3.63) is 90.2 Å². The second-order valence-corrected chi connectivity index (χ2v) is 8.75. The Morgan fingerprint density at radius 1 is 0.914 bits per heavy atom. The lowest BCUT2D eigenvalue weighted by molar-refractivity contribution is 0.0668. The number of amides is 1. The molecule has 0 unspecified atom stereocenters. The molecule has 0 radical (unpaired) electrons. The average molecular weight is 467 g/mol. The van der Waals surface area contributed by atoms with Gasteiger partial charge in [-0.25, -0.2) is 13.8 Å². The second-order valence-electron chi connectivity index (χ2n) is 8.75. The third kappa shape index (κ3) is 3.58. The molecule has 1 aliphatic heterocycles. The molecule has 0 aliphatic carbocycles. The second kappa shape index (κ2) is 8.47. The van der Waals surface area contributed by atoms with Gasteiger partial charge in [-0.05, 0) is 31.2 Å². The summed E-state index contributed by atoms with van der Waals surface area (Å²) in [4.78, 5) is 22.0. The van der Waals surface area contributed by atoms with E-state index in [9.17, 15) is 9.18 Å². The zero-order valence-electron chi connectivity index (χ0n) is 19.2. The van der Waals surface area contributed by atoms with Crippen molar-refractivity contribution in [2.24, 2.45) is 0 Å².